The van der Waals surface area contributed by atoms with Crippen LogP contribution in [-0.4, -0.2) is 14.1 Å². The fraction of sp³-hybridized carbons (Fsp3) is 0.286. The Hall–Kier alpha value is -2.26. The topological polar surface area (TPSA) is 50.8 Å². The van der Waals surface area contributed by atoms with Crippen molar-refractivity contribution in [2.24, 2.45) is 5.41 Å². The number of benzene rings is 1. The molecule has 0 fully saturated rings. The number of nitrogens with zero attached hydrogens (tertiary/aromatic N) is 3. The molecular formula is C14H13N3. The number of anilines is 1. The summed E-state index contributed by atoms with van der Waals surface area (Å²) in [5.74, 6) is 0. The first-order valence-electron chi connectivity index (χ1n) is 5.44. The van der Waals surface area contributed by atoms with Gasteiger partial charge in [-0.15, -0.1) is 0 Å². The smallest absolute Gasteiger partial charge is 0.172 e. The second kappa shape index (κ2) is 3.96. The summed E-state index contributed by atoms with van der Waals surface area (Å²) in [6.45, 7) is 0. The highest BCUT2D eigenvalue weighted by Gasteiger charge is 2.41. The third-order valence-corrected chi connectivity index (χ3v) is 3.15. The van der Waals surface area contributed by atoms with Gasteiger partial charge in [0.1, 0.15) is 0 Å². The van der Waals surface area contributed by atoms with Crippen LogP contribution in [0.15, 0.2) is 30.3 Å². The monoisotopic (exact) mass is 223 g/mol. The van der Waals surface area contributed by atoms with E-state index < -0.39 is 5.41 Å². The van der Waals surface area contributed by atoms with E-state index in [-0.39, 0.29) is 0 Å². The second-order valence-corrected chi connectivity index (χ2v) is 4.39. The molecule has 0 spiro atoms. The van der Waals surface area contributed by atoms with E-state index in [9.17, 15) is 0 Å². The predicted octanol–water partition coefficient (Wildman–Crippen LogP) is 2.57. The van der Waals surface area contributed by atoms with E-state index in [4.69, 9.17) is 10.5 Å². The van der Waals surface area contributed by atoms with Gasteiger partial charge in [-0.1, -0.05) is 18.2 Å². The lowest BCUT2D eigenvalue weighted by Crippen LogP contribution is -2.25. The van der Waals surface area contributed by atoms with Crippen LogP contribution >= 0.6 is 0 Å². The molecule has 0 aromatic heterocycles. The molecule has 1 aliphatic carbocycles. The molecule has 0 unspecified atom stereocenters. The van der Waals surface area contributed by atoms with Crippen LogP contribution < -0.4 is 4.90 Å². The van der Waals surface area contributed by atoms with Crippen LogP contribution in [0.25, 0.3) is 5.57 Å². The van der Waals surface area contributed by atoms with Crippen molar-refractivity contribution in [3.63, 3.8) is 0 Å². The molecule has 0 bridgehead atoms. The zero-order valence-corrected chi connectivity index (χ0v) is 9.94. The van der Waals surface area contributed by atoms with E-state index in [0.29, 0.717) is 6.42 Å². The summed E-state index contributed by atoms with van der Waals surface area (Å²) in [5, 5.41) is 18.2. The average Bonchev–Trinajstić information content (AvgIpc) is 2.30. The van der Waals surface area contributed by atoms with E-state index in [1.54, 1.807) is 0 Å². The van der Waals surface area contributed by atoms with Gasteiger partial charge in [-0.2, -0.15) is 10.5 Å². The fourth-order valence-electron chi connectivity index (χ4n) is 1.95. The summed E-state index contributed by atoms with van der Waals surface area (Å²) < 4.78 is 0. The molecule has 0 saturated heterocycles. The molecule has 84 valence electrons. The molecule has 3 heteroatoms. The Morgan fingerprint density at radius 2 is 1.71 bits per heavy atom. The molecule has 0 N–H and O–H groups in total. The van der Waals surface area contributed by atoms with Gasteiger partial charge in [-0.3, -0.25) is 0 Å². The molecule has 0 saturated carbocycles. The van der Waals surface area contributed by atoms with Crippen molar-refractivity contribution >= 4 is 11.3 Å². The summed E-state index contributed by atoms with van der Waals surface area (Å²) in [7, 11) is 3.96. The molecule has 0 aliphatic heterocycles. The zero-order chi connectivity index (χ0) is 12.5. The molecule has 1 aromatic carbocycles. The lowest BCUT2D eigenvalue weighted by molar-refractivity contribution is 0.644. The number of rotatable bonds is 2. The van der Waals surface area contributed by atoms with Crippen LogP contribution in [0.2, 0.25) is 0 Å². The standard InChI is InChI=1S/C14H13N3/c1-17(2)12-5-3-11(4-6-12)13-7-8-14(13,9-15)10-16/h3-7H,8H2,1-2H3. The highest BCUT2D eigenvalue weighted by atomic mass is 15.1. The number of hydrogen-bond donors (Lipinski definition) is 0. The maximum atomic E-state index is 9.09. The van der Waals surface area contributed by atoms with E-state index in [1.807, 2.05) is 49.3 Å². The van der Waals surface area contributed by atoms with Gasteiger partial charge in [0.2, 0.25) is 0 Å². The maximum absolute atomic E-state index is 9.09. The van der Waals surface area contributed by atoms with Gasteiger partial charge < -0.3 is 4.90 Å². The van der Waals surface area contributed by atoms with E-state index in [2.05, 4.69) is 12.1 Å². The first-order valence-corrected chi connectivity index (χ1v) is 5.44. The van der Waals surface area contributed by atoms with Crippen molar-refractivity contribution in [2.75, 3.05) is 19.0 Å². The maximum Gasteiger partial charge on any atom is 0.172 e. The minimum Gasteiger partial charge on any atom is -0.378 e. The lowest BCUT2D eigenvalue weighted by Gasteiger charge is -2.29. The van der Waals surface area contributed by atoms with Crippen molar-refractivity contribution in [1.82, 2.24) is 0 Å². The van der Waals surface area contributed by atoms with Gasteiger partial charge in [0, 0.05) is 26.2 Å². The molecule has 17 heavy (non-hydrogen) atoms. The van der Waals surface area contributed by atoms with Gasteiger partial charge in [-0.25, -0.2) is 0 Å². The second-order valence-electron chi connectivity index (χ2n) is 4.39. The van der Waals surface area contributed by atoms with Gasteiger partial charge in [0.25, 0.3) is 0 Å². The number of nitriles is 2. The normalized spacial score (nSPS) is 16.1. The molecule has 0 amide bonds. The van der Waals surface area contributed by atoms with Gasteiger partial charge in [0.15, 0.2) is 5.41 Å². The van der Waals surface area contributed by atoms with Crippen molar-refractivity contribution < 1.29 is 0 Å². The Morgan fingerprint density at radius 1 is 1.12 bits per heavy atom. The molecule has 1 aliphatic rings. The Bertz CT molecular complexity index is 524. The van der Waals surface area contributed by atoms with Crippen LogP contribution in [0.1, 0.15) is 12.0 Å². The van der Waals surface area contributed by atoms with Crippen molar-refractivity contribution in [1.29, 1.82) is 10.5 Å². The molecule has 3 nitrogen and oxygen atoms in total. The first-order chi connectivity index (χ1) is 8.13. The van der Waals surface area contributed by atoms with Gasteiger partial charge in [0.05, 0.1) is 12.1 Å². The molecule has 0 radical (unpaired) electrons. The SMILES string of the molecule is CN(C)c1ccc(C2=CCC2(C#N)C#N)cc1. The highest BCUT2D eigenvalue weighted by Crippen LogP contribution is 2.46. The summed E-state index contributed by atoms with van der Waals surface area (Å²) >= 11 is 0. The van der Waals surface area contributed by atoms with Crippen molar-refractivity contribution in [3.05, 3.63) is 35.9 Å². The zero-order valence-electron chi connectivity index (χ0n) is 9.94. The van der Waals surface area contributed by atoms with Crippen LogP contribution in [0.3, 0.4) is 0 Å². The molecule has 0 atom stereocenters. The quantitative estimate of drug-likeness (QED) is 0.774. The van der Waals surface area contributed by atoms with Crippen LogP contribution in [0, 0.1) is 28.1 Å². The van der Waals surface area contributed by atoms with Crippen LogP contribution in [0.5, 0.6) is 0 Å². The van der Waals surface area contributed by atoms with Gasteiger partial charge >= 0.3 is 0 Å². The summed E-state index contributed by atoms with van der Waals surface area (Å²) in [5.41, 5.74) is 1.98. The first kappa shape index (κ1) is 11.2. The van der Waals surface area contributed by atoms with Crippen LogP contribution in [0.4, 0.5) is 5.69 Å². The van der Waals surface area contributed by atoms with Crippen molar-refractivity contribution in [3.8, 4) is 12.1 Å². The predicted molar refractivity (Wildman–Crippen MR) is 67.0 cm³/mol. The number of hydrogen-bond acceptors (Lipinski definition) is 3. The van der Waals surface area contributed by atoms with E-state index >= 15 is 0 Å². The van der Waals surface area contributed by atoms with Gasteiger partial charge in [-0.05, 0) is 23.3 Å². The van der Waals surface area contributed by atoms with Crippen molar-refractivity contribution in [2.45, 2.75) is 6.42 Å². The highest BCUT2D eigenvalue weighted by molar-refractivity contribution is 5.81. The summed E-state index contributed by atoms with van der Waals surface area (Å²) in [6.07, 6.45) is 2.49. The lowest BCUT2D eigenvalue weighted by atomic mass is 9.68. The Balaban J connectivity index is 2.33. The molecular weight excluding hydrogens is 210 g/mol. The Kier molecular flexibility index (Phi) is 2.61. The third-order valence-electron chi connectivity index (χ3n) is 3.15. The fourth-order valence-corrected chi connectivity index (χ4v) is 1.95. The molecule has 0 heterocycles. The number of allylic oxidation sites excluding steroid dienone is 2. The Morgan fingerprint density at radius 3 is 2.06 bits per heavy atom. The third kappa shape index (κ3) is 1.66. The Labute approximate surface area is 101 Å². The minimum atomic E-state index is -0.931. The van der Waals surface area contributed by atoms with E-state index in [0.717, 1.165) is 16.8 Å². The summed E-state index contributed by atoms with van der Waals surface area (Å²) in [6, 6.07) is 12.1. The van der Waals surface area contributed by atoms with E-state index in [1.165, 1.54) is 0 Å². The average molecular weight is 223 g/mol. The largest absolute Gasteiger partial charge is 0.378 e. The molecule has 2 rings (SSSR count). The summed E-state index contributed by atoms with van der Waals surface area (Å²) in [4.78, 5) is 2.01. The van der Waals surface area contributed by atoms with Crippen LogP contribution in [-0.2, 0) is 0 Å². The minimum absolute atomic E-state index is 0.533. The molecule has 1 aromatic rings.